The predicted octanol–water partition coefficient (Wildman–Crippen LogP) is 2.67. The minimum absolute atomic E-state index is 0.0875. The van der Waals surface area contributed by atoms with Crippen molar-refractivity contribution in [2.45, 2.75) is 26.2 Å². The van der Waals surface area contributed by atoms with Crippen LogP contribution in [-0.4, -0.2) is 23.9 Å². The normalized spacial score (nSPS) is 20.6. The van der Waals surface area contributed by atoms with Gasteiger partial charge in [-0.3, -0.25) is 4.79 Å². The van der Waals surface area contributed by atoms with Crippen LogP contribution in [0.3, 0.4) is 0 Å². The van der Waals surface area contributed by atoms with E-state index in [1.165, 1.54) is 18.2 Å². The van der Waals surface area contributed by atoms with Crippen LogP contribution < -0.4 is 5.73 Å². The van der Waals surface area contributed by atoms with Crippen LogP contribution >= 0.6 is 0 Å². The highest BCUT2D eigenvalue weighted by molar-refractivity contribution is 5.95. The number of hydrogen-bond donors (Lipinski definition) is 1. The van der Waals surface area contributed by atoms with Crippen molar-refractivity contribution >= 4 is 11.6 Å². The Bertz CT molecular complexity index is 447. The average molecular weight is 250 g/mol. The zero-order chi connectivity index (χ0) is 13.1. The fraction of sp³-hybridized carbons (Fsp3) is 0.500. The van der Waals surface area contributed by atoms with Crippen molar-refractivity contribution in [2.75, 3.05) is 18.8 Å². The first kappa shape index (κ1) is 12.9. The molecule has 1 aliphatic rings. The van der Waals surface area contributed by atoms with Gasteiger partial charge in [0.25, 0.3) is 5.91 Å². The molecule has 0 bridgehead atoms. The van der Waals surface area contributed by atoms with E-state index in [1.807, 2.05) is 0 Å². The quantitative estimate of drug-likeness (QED) is 0.779. The van der Waals surface area contributed by atoms with E-state index < -0.39 is 5.82 Å². The van der Waals surface area contributed by atoms with E-state index in [2.05, 4.69) is 6.92 Å². The predicted molar refractivity (Wildman–Crippen MR) is 69.7 cm³/mol. The molecule has 1 aliphatic heterocycles. The molecule has 98 valence electrons. The van der Waals surface area contributed by atoms with E-state index in [-0.39, 0.29) is 11.5 Å². The molecule has 1 heterocycles. The number of halogens is 1. The summed E-state index contributed by atoms with van der Waals surface area (Å²) >= 11 is 0. The molecule has 3 nitrogen and oxygen atoms in total. The molecule has 2 rings (SSSR count). The maximum Gasteiger partial charge on any atom is 0.256 e. The number of nitrogen functional groups attached to an aromatic ring is 1. The molecule has 1 unspecified atom stereocenters. The number of likely N-dealkylation sites (tertiary alicyclic amines) is 1. The number of anilines is 1. The lowest BCUT2D eigenvalue weighted by Crippen LogP contribution is -2.32. The molecule has 1 amide bonds. The molecule has 0 spiro atoms. The van der Waals surface area contributed by atoms with E-state index in [4.69, 9.17) is 5.73 Å². The van der Waals surface area contributed by atoms with Gasteiger partial charge < -0.3 is 10.6 Å². The molecule has 1 aromatic carbocycles. The minimum atomic E-state index is -0.494. The Kier molecular flexibility index (Phi) is 3.84. The monoisotopic (exact) mass is 250 g/mol. The summed E-state index contributed by atoms with van der Waals surface area (Å²) < 4.78 is 13.7. The van der Waals surface area contributed by atoms with E-state index in [0.29, 0.717) is 24.7 Å². The molecule has 1 saturated heterocycles. The Morgan fingerprint density at radius 2 is 2.17 bits per heavy atom. The summed E-state index contributed by atoms with van der Waals surface area (Å²) in [4.78, 5) is 14.0. The lowest BCUT2D eigenvalue weighted by molar-refractivity contribution is 0.0755. The zero-order valence-electron chi connectivity index (χ0n) is 10.7. The summed E-state index contributed by atoms with van der Waals surface area (Å²) in [7, 11) is 0. The molecule has 4 heteroatoms. The number of hydrogen-bond acceptors (Lipinski definition) is 2. The maximum atomic E-state index is 13.7. The van der Waals surface area contributed by atoms with Crippen molar-refractivity contribution in [2.24, 2.45) is 5.92 Å². The third kappa shape index (κ3) is 2.81. The Hall–Kier alpha value is -1.58. The van der Waals surface area contributed by atoms with Crippen molar-refractivity contribution in [3.63, 3.8) is 0 Å². The van der Waals surface area contributed by atoms with Crippen LogP contribution in [-0.2, 0) is 0 Å². The van der Waals surface area contributed by atoms with Gasteiger partial charge in [0.15, 0.2) is 0 Å². The summed E-state index contributed by atoms with van der Waals surface area (Å²) in [5.74, 6) is -0.103. The SMILES string of the molecule is CC1CCCN(C(=O)c2cc(N)ccc2F)CC1. The topological polar surface area (TPSA) is 46.3 Å². The second-order valence-electron chi connectivity index (χ2n) is 5.07. The van der Waals surface area contributed by atoms with E-state index in [1.54, 1.807) is 4.90 Å². The summed E-state index contributed by atoms with van der Waals surface area (Å²) in [5.41, 5.74) is 6.12. The van der Waals surface area contributed by atoms with E-state index in [9.17, 15) is 9.18 Å². The summed E-state index contributed by atoms with van der Waals surface area (Å²) in [6, 6.07) is 4.14. The number of nitrogens with two attached hydrogens (primary N) is 1. The lowest BCUT2D eigenvalue weighted by Gasteiger charge is -2.21. The molecule has 1 atom stereocenters. The van der Waals surface area contributed by atoms with Gasteiger partial charge >= 0.3 is 0 Å². The highest BCUT2D eigenvalue weighted by Gasteiger charge is 2.22. The lowest BCUT2D eigenvalue weighted by atomic mass is 10.0. The van der Waals surface area contributed by atoms with Gasteiger partial charge in [-0.25, -0.2) is 4.39 Å². The van der Waals surface area contributed by atoms with Gasteiger partial charge in [0, 0.05) is 18.8 Å². The highest BCUT2D eigenvalue weighted by Crippen LogP contribution is 2.20. The van der Waals surface area contributed by atoms with Crippen LogP contribution in [0.4, 0.5) is 10.1 Å². The second kappa shape index (κ2) is 5.38. The van der Waals surface area contributed by atoms with Crippen molar-refractivity contribution in [1.82, 2.24) is 4.90 Å². The molecule has 0 aliphatic carbocycles. The van der Waals surface area contributed by atoms with Crippen molar-refractivity contribution in [1.29, 1.82) is 0 Å². The first-order valence-electron chi connectivity index (χ1n) is 6.42. The van der Waals surface area contributed by atoms with Crippen LogP contribution in [0.5, 0.6) is 0 Å². The molecule has 2 N–H and O–H groups in total. The molecule has 0 radical (unpaired) electrons. The molecular weight excluding hydrogens is 231 g/mol. The van der Waals surface area contributed by atoms with Gasteiger partial charge in [0.2, 0.25) is 0 Å². The largest absolute Gasteiger partial charge is 0.399 e. The van der Waals surface area contributed by atoms with Crippen LogP contribution in [0, 0.1) is 11.7 Å². The molecule has 0 saturated carbocycles. The number of rotatable bonds is 1. The Morgan fingerprint density at radius 3 is 2.94 bits per heavy atom. The number of carbonyl (C=O) groups is 1. The van der Waals surface area contributed by atoms with Crippen molar-refractivity contribution < 1.29 is 9.18 Å². The first-order valence-corrected chi connectivity index (χ1v) is 6.42. The fourth-order valence-electron chi connectivity index (χ4n) is 2.34. The third-order valence-corrected chi connectivity index (χ3v) is 3.52. The molecular formula is C14H19FN2O. The van der Waals surface area contributed by atoms with Crippen molar-refractivity contribution in [3.05, 3.63) is 29.6 Å². The fourth-order valence-corrected chi connectivity index (χ4v) is 2.34. The molecule has 18 heavy (non-hydrogen) atoms. The number of carbonyl (C=O) groups excluding carboxylic acids is 1. The molecule has 1 fully saturated rings. The molecule has 0 aromatic heterocycles. The highest BCUT2D eigenvalue weighted by atomic mass is 19.1. The molecule has 1 aromatic rings. The Morgan fingerprint density at radius 1 is 1.39 bits per heavy atom. The minimum Gasteiger partial charge on any atom is -0.399 e. The average Bonchev–Trinajstić information content (AvgIpc) is 2.56. The zero-order valence-corrected chi connectivity index (χ0v) is 10.7. The summed E-state index contributed by atoms with van der Waals surface area (Å²) in [5, 5.41) is 0. The summed E-state index contributed by atoms with van der Waals surface area (Å²) in [6.07, 6.45) is 3.09. The summed E-state index contributed by atoms with van der Waals surface area (Å²) in [6.45, 7) is 3.60. The van der Waals surface area contributed by atoms with Crippen LogP contribution in [0.15, 0.2) is 18.2 Å². The Balaban J connectivity index is 2.17. The van der Waals surface area contributed by atoms with Gasteiger partial charge in [0.05, 0.1) is 5.56 Å². The maximum absolute atomic E-state index is 13.7. The van der Waals surface area contributed by atoms with Gasteiger partial charge in [-0.1, -0.05) is 6.92 Å². The second-order valence-corrected chi connectivity index (χ2v) is 5.07. The van der Waals surface area contributed by atoms with E-state index in [0.717, 1.165) is 19.3 Å². The number of benzene rings is 1. The van der Waals surface area contributed by atoms with Crippen LogP contribution in [0.25, 0.3) is 0 Å². The standard InChI is InChI=1S/C14H19FN2O/c1-10-3-2-7-17(8-6-10)14(18)12-9-11(16)4-5-13(12)15/h4-5,9-10H,2-3,6-8,16H2,1H3. The van der Waals surface area contributed by atoms with Crippen LogP contribution in [0.2, 0.25) is 0 Å². The van der Waals surface area contributed by atoms with Gasteiger partial charge in [-0.2, -0.15) is 0 Å². The smallest absolute Gasteiger partial charge is 0.256 e. The number of nitrogens with zero attached hydrogens (tertiary/aromatic N) is 1. The first-order chi connectivity index (χ1) is 8.58. The Labute approximate surface area is 107 Å². The van der Waals surface area contributed by atoms with Crippen molar-refractivity contribution in [3.8, 4) is 0 Å². The van der Waals surface area contributed by atoms with E-state index >= 15 is 0 Å². The van der Waals surface area contributed by atoms with Gasteiger partial charge in [-0.05, 0) is 43.4 Å². The van der Waals surface area contributed by atoms with Gasteiger partial charge in [0.1, 0.15) is 5.82 Å². The number of amides is 1. The van der Waals surface area contributed by atoms with Gasteiger partial charge in [-0.15, -0.1) is 0 Å². The third-order valence-electron chi connectivity index (χ3n) is 3.52. The van der Waals surface area contributed by atoms with Crippen LogP contribution in [0.1, 0.15) is 36.5 Å².